The molecule has 1 fully saturated rings. The van der Waals surface area contributed by atoms with Gasteiger partial charge in [0.25, 0.3) is 0 Å². The number of nitrogens with zero attached hydrogens (tertiary/aromatic N) is 4. The Bertz CT molecular complexity index is 506. The van der Waals surface area contributed by atoms with Gasteiger partial charge in [0, 0.05) is 18.7 Å². The van der Waals surface area contributed by atoms with Gasteiger partial charge >= 0.3 is 0 Å². The monoisotopic (exact) mass is 240 g/mol. The lowest BCUT2D eigenvalue weighted by Crippen LogP contribution is -2.31. The first-order valence-corrected chi connectivity index (χ1v) is 6.43. The first-order chi connectivity index (χ1) is 8.93. The second-order valence-electron chi connectivity index (χ2n) is 4.52. The van der Waals surface area contributed by atoms with E-state index in [1.165, 1.54) is 19.3 Å². The maximum Gasteiger partial charge on any atom is 0.228 e. The van der Waals surface area contributed by atoms with Crippen LogP contribution in [-0.2, 0) is 0 Å². The van der Waals surface area contributed by atoms with Gasteiger partial charge in [-0.25, -0.2) is 9.97 Å². The molecule has 0 saturated carbocycles. The summed E-state index contributed by atoms with van der Waals surface area (Å²) in [5.41, 5.74) is 1.04. The van der Waals surface area contributed by atoms with Crippen LogP contribution in [0.4, 0.5) is 5.95 Å². The minimum atomic E-state index is 0.756. The first kappa shape index (κ1) is 11.1. The van der Waals surface area contributed by atoms with Crippen LogP contribution in [0.3, 0.4) is 0 Å². The maximum atomic E-state index is 4.57. The largest absolute Gasteiger partial charge is 0.341 e. The van der Waals surface area contributed by atoms with E-state index in [2.05, 4.69) is 19.9 Å². The fourth-order valence-electron chi connectivity index (χ4n) is 2.26. The number of hydrogen-bond acceptors (Lipinski definition) is 4. The van der Waals surface area contributed by atoms with Crippen LogP contribution in [0.5, 0.6) is 0 Å². The zero-order valence-corrected chi connectivity index (χ0v) is 10.3. The van der Waals surface area contributed by atoms with E-state index in [1.807, 2.05) is 30.3 Å². The van der Waals surface area contributed by atoms with Gasteiger partial charge in [0.2, 0.25) is 5.95 Å². The highest BCUT2D eigenvalue weighted by atomic mass is 15.3. The normalized spacial score (nSPS) is 15.7. The molecule has 1 aromatic carbocycles. The Labute approximate surface area is 107 Å². The van der Waals surface area contributed by atoms with E-state index in [9.17, 15) is 0 Å². The van der Waals surface area contributed by atoms with Crippen molar-refractivity contribution in [3.05, 3.63) is 36.7 Å². The molecule has 18 heavy (non-hydrogen) atoms. The summed E-state index contributed by atoms with van der Waals surface area (Å²) in [7, 11) is 0. The SMILES string of the molecule is c1ccc(-c2ncnc(N3CCCCC3)n2)cc1. The third-order valence-electron chi connectivity index (χ3n) is 3.23. The van der Waals surface area contributed by atoms with E-state index in [-0.39, 0.29) is 0 Å². The topological polar surface area (TPSA) is 41.9 Å². The predicted molar refractivity (Wildman–Crippen MR) is 71.3 cm³/mol. The zero-order chi connectivity index (χ0) is 12.2. The molecule has 0 aliphatic carbocycles. The van der Waals surface area contributed by atoms with Gasteiger partial charge < -0.3 is 4.90 Å². The minimum Gasteiger partial charge on any atom is -0.341 e. The van der Waals surface area contributed by atoms with E-state index in [0.29, 0.717) is 0 Å². The predicted octanol–water partition coefficient (Wildman–Crippen LogP) is 2.53. The molecule has 0 N–H and O–H groups in total. The Balaban J connectivity index is 1.89. The van der Waals surface area contributed by atoms with Crippen molar-refractivity contribution < 1.29 is 0 Å². The molecule has 0 radical (unpaired) electrons. The summed E-state index contributed by atoms with van der Waals surface area (Å²) in [4.78, 5) is 15.4. The van der Waals surface area contributed by atoms with E-state index in [1.54, 1.807) is 6.33 Å². The van der Waals surface area contributed by atoms with Gasteiger partial charge in [0.1, 0.15) is 6.33 Å². The molecule has 0 atom stereocenters. The van der Waals surface area contributed by atoms with Gasteiger partial charge in [-0.3, -0.25) is 0 Å². The molecule has 0 amide bonds. The molecule has 1 aliphatic heterocycles. The van der Waals surface area contributed by atoms with Gasteiger partial charge in [0.15, 0.2) is 5.82 Å². The van der Waals surface area contributed by atoms with Crippen LogP contribution >= 0.6 is 0 Å². The molecule has 2 aromatic rings. The van der Waals surface area contributed by atoms with Crippen LogP contribution in [0.15, 0.2) is 36.7 Å². The molecule has 1 aromatic heterocycles. The summed E-state index contributed by atoms with van der Waals surface area (Å²) in [5.74, 6) is 1.56. The number of aromatic nitrogens is 3. The van der Waals surface area contributed by atoms with Gasteiger partial charge in [-0.15, -0.1) is 0 Å². The minimum absolute atomic E-state index is 0.756. The highest BCUT2D eigenvalue weighted by Gasteiger charge is 2.14. The quantitative estimate of drug-likeness (QED) is 0.809. The summed E-state index contributed by atoms with van der Waals surface area (Å²) < 4.78 is 0. The zero-order valence-electron chi connectivity index (χ0n) is 10.3. The molecular weight excluding hydrogens is 224 g/mol. The Morgan fingerprint density at radius 3 is 2.44 bits per heavy atom. The van der Waals surface area contributed by atoms with Crippen molar-refractivity contribution in [2.24, 2.45) is 0 Å². The van der Waals surface area contributed by atoms with Gasteiger partial charge in [-0.1, -0.05) is 30.3 Å². The molecule has 0 spiro atoms. The number of hydrogen-bond donors (Lipinski definition) is 0. The first-order valence-electron chi connectivity index (χ1n) is 6.43. The third kappa shape index (κ3) is 2.32. The molecule has 4 nitrogen and oxygen atoms in total. The molecule has 1 aliphatic rings. The van der Waals surface area contributed by atoms with Crippen molar-refractivity contribution in [2.45, 2.75) is 19.3 Å². The molecule has 2 heterocycles. The van der Waals surface area contributed by atoms with Crippen molar-refractivity contribution in [1.82, 2.24) is 15.0 Å². The number of piperidine rings is 1. The summed E-state index contributed by atoms with van der Waals surface area (Å²) in [6.07, 6.45) is 5.38. The van der Waals surface area contributed by atoms with Crippen molar-refractivity contribution in [3.63, 3.8) is 0 Å². The summed E-state index contributed by atoms with van der Waals surface area (Å²) in [6, 6.07) is 10.0. The van der Waals surface area contributed by atoms with E-state index >= 15 is 0 Å². The Hall–Kier alpha value is -1.97. The van der Waals surface area contributed by atoms with Crippen LogP contribution in [0, 0.1) is 0 Å². The second kappa shape index (κ2) is 5.12. The van der Waals surface area contributed by atoms with Gasteiger partial charge in [0.05, 0.1) is 0 Å². The Morgan fingerprint density at radius 1 is 0.889 bits per heavy atom. The van der Waals surface area contributed by atoms with Crippen molar-refractivity contribution in [3.8, 4) is 11.4 Å². The number of anilines is 1. The van der Waals surface area contributed by atoms with Crippen LogP contribution in [0.1, 0.15) is 19.3 Å². The number of benzene rings is 1. The van der Waals surface area contributed by atoms with E-state index < -0.39 is 0 Å². The lowest BCUT2D eigenvalue weighted by atomic mass is 10.1. The fraction of sp³-hybridized carbons (Fsp3) is 0.357. The highest BCUT2D eigenvalue weighted by molar-refractivity contribution is 5.55. The van der Waals surface area contributed by atoms with Crippen molar-refractivity contribution in [2.75, 3.05) is 18.0 Å². The highest BCUT2D eigenvalue weighted by Crippen LogP contribution is 2.18. The standard InChI is InChI=1S/C14H16N4/c1-3-7-12(8-4-1)13-15-11-16-14(17-13)18-9-5-2-6-10-18/h1,3-4,7-8,11H,2,5-6,9-10H2. The lowest BCUT2D eigenvalue weighted by Gasteiger charge is -2.26. The second-order valence-corrected chi connectivity index (χ2v) is 4.52. The molecule has 4 heteroatoms. The molecule has 0 bridgehead atoms. The van der Waals surface area contributed by atoms with Crippen molar-refractivity contribution >= 4 is 5.95 Å². The average molecular weight is 240 g/mol. The van der Waals surface area contributed by atoms with Crippen LogP contribution in [0.2, 0.25) is 0 Å². The molecule has 3 rings (SSSR count). The smallest absolute Gasteiger partial charge is 0.228 e. The van der Waals surface area contributed by atoms with Crippen LogP contribution < -0.4 is 4.90 Å². The van der Waals surface area contributed by atoms with Crippen LogP contribution in [-0.4, -0.2) is 28.0 Å². The summed E-state index contributed by atoms with van der Waals surface area (Å²) in [5, 5.41) is 0. The average Bonchev–Trinajstić information content (AvgIpc) is 2.49. The summed E-state index contributed by atoms with van der Waals surface area (Å²) >= 11 is 0. The fourth-order valence-corrected chi connectivity index (χ4v) is 2.26. The van der Waals surface area contributed by atoms with E-state index in [4.69, 9.17) is 0 Å². The molecular formula is C14H16N4. The number of rotatable bonds is 2. The van der Waals surface area contributed by atoms with Gasteiger partial charge in [-0.2, -0.15) is 4.98 Å². The molecule has 0 unspecified atom stereocenters. The molecule has 92 valence electrons. The van der Waals surface area contributed by atoms with Crippen molar-refractivity contribution in [1.29, 1.82) is 0 Å². The Kier molecular flexibility index (Phi) is 3.17. The molecule has 1 saturated heterocycles. The summed E-state index contributed by atoms with van der Waals surface area (Å²) in [6.45, 7) is 2.11. The van der Waals surface area contributed by atoms with E-state index in [0.717, 1.165) is 30.4 Å². The third-order valence-corrected chi connectivity index (χ3v) is 3.23. The van der Waals surface area contributed by atoms with Gasteiger partial charge in [-0.05, 0) is 19.3 Å². The van der Waals surface area contributed by atoms with Crippen LogP contribution in [0.25, 0.3) is 11.4 Å². The Morgan fingerprint density at radius 2 is 1.67 bits per heavy atom. The maximum absolute atomic E-state index is 4.57. The lowest BCUT2D eigenvalue weighted by molar-refractivity contribution is 0.567.